The zero-order valence-electron chi connectivity index (χ0n) is 11.0. The second-order valence-corrected chi connectivity index (χ2v) is 4.70. The third-order valence-corrected chi connectivity index (χ3v) is 3.38. The molecule has 5 heteroatoms. The monoisotopic (exact) mass is 271 g/mol. The van der Waals surface area contributed by atoms with Crippen LogP contribution >= 0.6 is 0 Å². The van der Waals surface area contributed by atoms with E-state index >= 15 is 0 Å². The van der Waals surface area contributed by atoms with Crippen LogP contribution in [0.5, 0.6) is 0 Å². The van der Waals surface area contributed by atoms with Crippen LogP contribution in [0, 0.1) is 5.82 Å². The van der Waals surface area contributed by atoms with Gasteiger partial charge in [-0.1, -0.05) is 18.2 Å². The van der Waals surface area contributed by atoms with Gasteiger partial charge in [0.2, 0.25) is 0 Å². The van der Waals surface area contributed by atoms with E-state index in [2.05, 4.69) is 10.1 Å². The number of fused-ring (bicyclic) bond motifs is 1. The molecule has 0 bridgehead atoms. The van der Waals surface area contributed by atoms with Crippen LogP contribution in [-0.4, -0.2) is 19.9 Å². The number of rotatable bonds is 3. The normalized spacial score (nSPS) is 12.8. The van der Waals surface area contributed by atoms with Crippen LogP contribution in [0.3, 0.4) is 0 Å². The molecule has 2 heterocycles. The summed E-state index contributed by atoms with van der Waals surface area (Å²) in [5, 5.41) is 15.6. The van der Waals surface area contributed by atoms with Gasteiger partial charge in [0.1, 0.15) is 5.82 Å². The summed E-state index contributed by atoms with van der Waals surface area (Å²) in [6.45, 7) is 0. The van der Waals surface area contributed by atoms with Gasteiger partial charge in [-0.2, -0.15) is 5.10 Å². The Balaban J connectivity index is 1.96. The zero-order chi connectivity index (χ0) is 14.1. The molecular formula is C15H14FN3O. The Morgan fingerprint density at radius 3 is 2.90 bits per heavy atom. The molecular weight excluding hydrogens is 257 g/mol. The summed E-state index contributed by atoms with van der Waals surface area (Å²) in [5.41, 5.74) is 1.99. The molecule has 1 atom stereocenters. The highest BCUT2D eigenvalue weighted by molar-refractivity contribution is 5.81. The van der Waals surface area contributed by atoms with Crippen molar-refractivity contribution in [3.63, 3.8) is 0 Å². The molecule has 0 saturated carbocycles. The number of nitrogens with zero attached hydrogens (tertiary/aromatic N) is 3. The van der Waals surface area contributed by atoms with E-state index in [-0.39, 0.29) is 12.0 Å². The molecule has 102 valence electrons. The smallest absolute Gasteiger partial charge is 0.147 e. The summed E-state index contributed by atoms with van der Waals surface area (Å²) in [7, 11) is 1.85. The van der Waals surface area contributed by atoms with Crippen LogP contribution in [0.15, 0.2) is 42.7 Å². The van der Waals surface area contributed by atoms with Crippen molar-refractivity contribution >= 4 is 10.9 Å². The van der Waals surface area contributed by atoms with Crippen molar-refractivity contribution in [1.82, 2.24) is 14.8 Å². The van der Waals surface area contributed by atoms with Crippen LogP contribution in [0.4, 0.5) is 4.39 Å². The van der Waals surface area contributed by atoms with Crippen molar-refractivity contribution in [2.24, 2.45) is 7.05 Å². The molecule has 20 heavy (non-hydrogen) atoms. The SMILES string of the molecule is Cn1nc(CC(O)c2ccncc2F)c2ccccc21. The number of para-hydroxylation sites is 1. The Hall–Kier alpha value is -2.27. The van der Waals surface area contributed by atoms with Crippen LogP contribution in [-0.2, 0) is 13.5 Å². The third kappa shape index (κ3) is 2.16. The third-order valence-electron chi connectivity index (χ3n) is 3.38. The number of hydrogen-bond donors (Lipinski definition) is 1. The van der Waals surface area contributed by atoms with Gasteiger partial charge in [0.25, 0.3) is 0 Å². The molecule has 0 amide bonds. The Labute approximate surface area is 115 Å². The van der Waals surface area contributed by atoms with Crippen molar-refractivity contribution < 1.29 is 9.50 Å². The average Bonchev–Trinajstić information content (AvgIpc) is 2.76. The van der Waals surface area contributed by atoms with E-state index in [1.54, 1.807) is 4.68 Å². The second kappa shape index (κ2) is 5.02. The first-order chi connectivity index (χ1) is 9.66. The number of pyridine rings is 1. The van der Waals surface area contributed by atoms with E-state index < -0.39 is 11.9 Å². The lowest BCUT2D eigenvalue weighted by atomic mass is 10.0. The lowest BCUT2D eigenvalue weighted by molar-refractivity contribution is 0.172. The lowest BCUT2D eigenvalue weighted by Gasteiger charge is -2.10. The molecule has 2 aromatic heterocycles. The minimum Gasteiger partial charge on any atom is -0.388 e. The number of benzene rings is 1. The fraction of sp³-hybridized carbons (Fsp3) is 0.200. The van der Waals surface area contributed by atoms with E-state index in [0.717, 1.165) is 22.8 Å². The van der Waals surface area contributed by atoms with Gasteiger partial charge >= 0.3 is 0 Å². The predicted octanol–water partition coefficient (Wildman–Crippen LogP) is 2.38. The summed E-state index contributed by atoms with van der Waals surface area (Å²) in [6, 6.07) is 9.27. The fourth-order valence-electron chi connectivity index (χ4n) is 2.39. The molecule has 1 aromatic carbocycles. The van der Waals surface area contributed by atoms with Crippen molar-refractivity contribution in [2.45, 2.75) is 12.5 Å². The van der Waals surface area contributed by atoms with E-state index in [1.165, 1.54) is 12.3 Å². The first-order valence-corrected chi connectivity index (χ1v) is 6.35. The molecule has 0 spiro atoms. The van der Waals surface area contributed by atoms with E-state index in [4.69, 9.17) is 0 Å². The van der Waals surface area contributed by atoms with Gasteiger partial charge in [0, 0.05) is 30.6 Å². The predicted molar refractivity (Wildman–Crippen MR) is 73.6 cm³/mol. The van der Waals surface area contributed by atoms with Gasteiger partial charge < -0.3 is 5.11 Å². The highest BCUT2D eigenvalue weighted by atomic mass is 19.1. The van der Waals surface area contributed by atoms with Gasteiger partial charge in [-0.3, -0.25) is 9.67 Å². The highest BCUT2D eigenvalue weighted by Crippen LogP contribution is 2.24. The first kappa shape index (κ1) is 12.7. The van der Waals surface area contributed by atoms with Crippen molar-refractivity contribution in [3.05, 3.63) is 59.8 Å². The summed E-state index contributed by atoms with van der Waals surface area (Å²) < 4.78 is 15.4. The van der Waals surface area contributed by atoms with Gasteiger partial charge in [-0.15, -0.1) is 0 Å². The number of hydrogen-bond acceptors (Lipinski definition) is 3. The number of aromatic nitrogens is 3. The van der Waals surface area contributed by atoms with Crippen LogP contribution in [0.2, 0.25) is 0 Å². The van der Waals surface area contributed by atoms with Gasteiger partial charge in [0.05, 0.1) is 23.5 Å². The van der Waals surface area contributed by atoms with E-state index in [1.807, 2.05) is 31.3 Å². The summed E-state index contributed by atoms with van der Waals surface area (Å²) in [4.78, 5) is 3.68. The standard InChI is InChI=1S/C15H14FN3O/c1-19-14-5-3-2-4-11(14)13(18-19)8-15(20)10-6-7-17-9-12(10)16/h2-7,9,15,20H,8H2,1H3. The topological polar surface area (TPSA) is 50.9 Å². The molecule has 1 N–H and O–H groups in total. The molecule has 1 unspecified atom stereocenters. The molecule has 0 fully saturated rings. The number of aliphatic hydroxyl groups is 1. The Morgan fingerprint density at radius 2 is 2.10 bits per heavy atom. The molecule has 3 rings (SSSR count). The van der Waals surface area contributed by atoms with E-state index in [0.29, 0.717) is 0 Å². The molecule has 0 aliphatic rings. The van der Waals surface area contributed by atoms with Crippen LogP contribution < -0.4 is 0 Å². The Kier molecular flexibility index (Phi) is 3.20. The molecule has 0 radical (unpaired) electrons. The minimum atomic E-state index is -0.934. The average molecular weight is 271 g/mol. The van der Waals surface area contributed by atoms with Crippen molar-refractivity contribution in [2.75, 3.05) is 0 Å². The fourth-order valence-corrected chi connectivity index (χ4v) is 2.39. The van der Waals surface area contributed by atoms with Gasteiger partial charge in [-0.25, -0.2) is 4.39 Å². The maximum Gasteiger partial charge on any atom is 0.147 e. The van der Waals surface area contributed by atoms with Crippen LogP contribution in [0.1, 0.15) is 17.4 Å². The van der Waals surface area contributed by atoms with Gasteiger partial charge in [0.15, 0.2) is 0 Å². The Morgan fingerprint density at radius 1 is 1.30 bits per heavy atom. The summed E-state index contributed by atoms with van der Waals surface area (Å²) in [6.07, 6.45) is 1.91. The van der Waals surface area contributed by atoms with E-state index in [9.17, 15) is 9.50 Å². The lowest BCUT2D eigenvalue weighted by Crippen LogP contribution is -2.05. The van der Waals surface area contributed by atoms with Crippen molar-refractivity contribution in [3.8, 4) is 0 Å². The molecule has 3 aromatic rings. The first-order valence-electron chi connectivity index (χ1n) is 6.35. The summed E-state index contributed by atoms with van der Waals surface area (Å²) >= 11 is 0. The number of aryl methyl sites for hydroxylation is 1. The summed E-state index contributed by atoms with van der Waals surface area (Å²) in [5.74, 6) is -0.500. The molecule has 0 aliphatic heterocycles. The minimum absolute atomic E-state index is 0.245. The maximum absolute atomic E-state index is 13.6. The number of halogens is 1. The zero-order valence-corrected chi connectivity index (χ0v) is 11.0. The quantitative estimate of drug-likeness (QED) is 0.795. The largest absolute Gasteiger partial charge is 0.388 e. The molecule has 0 aliphatic carbocycles. The maximum atomic E-state index is 13.6. The number of aliphatic hydroxyl groups excluding tert-OH is 1. The second-order valence-electron chi connectivity index (χ2n) is 4.70. The highest BCUT2D eigenvalue weighted by Gasteiger charge is 2.17. The van der Waals surface area contributed by atoms with Crippen molar-refractivity contribution in [1.29, 1.82) is 0 Å². The van der Waals surface area contributed by atoms with Crippen LogP contribution in [0.25, 0.3) is 10.9 Å². The molecule has 0 saturated heterocycles. The Bertz CT molecular complexity index is 754. The van der Waals surface area contributed by atoms with Gasteiger partial charge in [-0.05, 0) is 12.1 Å². The molecule has 4 nitrogen and oxygen atoms in total.